The Morgan fingerprint density at radius 2 is 1.96 bits per heavy atom. The zero-order valence-electron chi connectivity index (χ0n) is 13.9. The molecule has 1 saturated carbocycles. The largest absolute Gasteiger partial charge is 0.395 e. The van der Waals surface area contributed by atoms with Crippen LogP contribution in [-0.4, -0.2) is 39.3 Å². The maximum atomic E-state index is 12.8. The van der Waals surface area contributed by atoms with E-state index in [9.17, 15) is 9.90 Å². The number of aliphatic hydroxyl groups is 1. The molecule has 1 aromatic heterocycles. The van der Waals surface area contributed by atoms with E-state index >= 15 is 0 Å². The SMILES string of the molecule is O=C(c1cc(C2CCCCC2)[nH]n1)N(CCO)Cc1ccccc1. The maximum Gasteiger partial charge on any atom is 0.274 e. The van der Waals surface area contributed by atoms with Crippen LogP contribution in [0.2, 0.25) is 0 Å². The second-order valence-corrected chi connectivity index (χ2v) is 6.48. The first-order chi connectivity index (χ1) is 11.8. The molecule has 2 N–H and O–H groups in total. The summed E-state index contributed by atoms with van der Waals surface area (Å²) < 4.78 is 0. The Hall–Kier alpha value is -2.14. The second-order valence-electron chi connectivity index (χ2n) is 6.48. The average molecular weight is 327 g/mol. The van der Waals surface area contributed by atoms with Crippen LogP contribution in [0.5, 0.6) is 0 Å². The van der Waals surface area contributed by atoms with Crippen molar-refractivity contribution in [3.05, 3.63) is 53.3 Å². The van der Waals surface area contributed by atoms with Gasteiger partial charge < -0.3 is 10.0 Å². The zero-order valence-corrected chi connectivity index (χ0v) is 13.9. The zero-order chi connectivity index (χ0) is 16.8. The van der Waals surface area contributed by atoms with Gasteiger partial charge in [-0.1, -0.05) is 49.6 Å². The van der Waals surface area contributed by atoms with Gasteiger partial charge in [-0.25, -0.2) is 0 Å². The molecular weight excluding hydrogens is 302 g/mol. The lowest BCUT2D eigenvalue weighted by molar-refractivity contribution is 0.0702. The molecule has 0 aliphatic heterocycles. The smallest absolute Gasteiger partial charge is 0.274 e. The van der Waals surface area contributed by atoms with Gasteiger partial charge in [-0.15, -0.1) is 0 Å². The fourth-order valence-corrected chi connectivity index (χ4v) is 3.41. The Kier molecular flexibility index (Phi) is 5.64. The molecule has 128 valence electrons. The van der Waals surface area contributed by atoms with Crippen LogP contribution in [0.25, 0.3) is 0 Å². The fourth-order valence-electron chi connectivity index (χ4n) is 3.41. The lowest BCUT2D eigenvalue weighted by atomic mass is 9.87. The molecule has 2 aromatic rings. The molecule has 5 nitrogen and oxygen atoms in total. The number of aliphatic hydroxyl groups excluding tert-OH is 1. The number of carbonyl (C=O) groups excluding carboxylic acids is 1. The highest BCUT2D eigenvalue weighted by molar-refractivity contribution is 5.92. The van der Waals surface area contributed by atoms with E-state index in [0.29, 0.717) is 24.7 Å². The van der Waals surface area contributed by atoms with Gasteiger partial charge in [0.2, 0.25) is 0 Å². The molecule has 0 atom stereocenters. The van der Waals surface area contributed by atoms with Crippen LogP contribution in [-0.2, 0) is 6.54 Å². The Morgan fingerprint density at radius 3 is 2.67 bits per heavy atom. The van der Waals surface area contributed by atoms with Crippen LogP contribution < -0.4 is 0 Å². The lowest BCUT2D eigenvalue weighted by Crippen LogP contribution is -2.33. The molecule has 1 aliphatic rings. The topological polar surface area (TPSA) is 69.2 Å². The van der Waals surface area contributed by atoms with Crippen LogP contribution in [0.4, 0.5) is 0 Å². The number of hydrogen-bond acceptors (Lipinski definition) is 3. The third kappa shape index (κ3) is 4.03. The van der Waals surface area contributed by atoms with Crippen LogP contribution in [0.3, 0.4) is 0 Å². The van der Waals surface area contributed by atoms with Crippen molar-refractivity contribution in [1.29, 1.82) is 0 Å². The highest BCUT2D eigenvalue weighted by Crippen LogP contribution is 2.31. The van der Waals surface area contributed by atoms with Gasteiger partial charge in [0.05, 0.1) is 6.61 Å². The van der Waals surface area contributed by atoms with Crippen molar-refractivity contribution in [3.8, 4) is 0 Å². The number of nitrogens with one attached hydrogen (secondary N) is 1. The normalized spacial score (nSPS) is 15.4. The van der Waals surface area contributed by atoms with Crippen LogP contribution in [0.1, 0.15) is 59.8 Å². The predicted molar refractivity (Wildman–Crippen MR) is 92.7 cm³/mol. The monoisotopic (exact) mass is 327 g/mol. The van der Waals surface area contributed by atoms with Crippen LogP contribution in [0, 0.1) is 0 Å². The van der Waals surface area contributed by atoms with Gasteiger partial charge in [0.15, 0.2) is 0 Å². The Balaban J connectivity index is 1.71. The van der Waals surface area contributed by atoms with Crippen molar-refractivity contribution in [2.75, 3.05) is 13.2 Å². The van der Waals surface area contributed by atoms with Crippen molar-refractivity contribution < 1.29 is 9.90 Å². The summed E-state index contributed by atoms with van der Waals surface area (Å²) in [6.07, 6.45) is 6.13. The van der Waals surface area contributed by atoms with Crippen molar-refractivity contribution in [2.24, 2.45) is 0 Å². The van der Waals surface area contributed by atoms with E-state index in [2.05, 4.69) is 10.2 Å². The first kappa shape index (κ1) is 16.7. The van der Waals surface area contributed by atoms with Crippen molar-refractivity contribution >= 4 is 5.91 Å². The van der Waals surface area contributed by atoms with E-state index in [4.69, 9.17) is 0 Å². The fraction of sp³-hybridized carbons (Fsp3) is 0.474. The highest BCUT2D eigenvalue weighted by Gasteiger charge is 2.22. The van der Waals surface area contributed by atoms with Gasteiger partial charge in [0, 0.05) is 24.7 Å². The number of amides is 1. The third-order valence-electron chi connectivity index (χ3n) is 4.74. The van der Waals surface area contributed by atoms with Gasteiger partial charge in [0.25, 0.3) is 5.91 Å². The molecular formula is C19H25N3O2. The minimum absolute atomic E-state index is 0.0571. The number of nitrogens with zero attached hydrogens (tertiary/aromatic N) is 2. The third-order valence-corrected chi connectivity index (χ3v) is 4.74. The van der Waals surface area contributed by atoms with Crippen LogP contribution in [0.15, 0.2) is 36.4 Å². The lowest BCUT2D eigenvalue weighted by Gasteiger charge is -2.21. The summed E-state index contributed by atoms with van der Waals surface area (Å²) in [6.45, 7) is 0.726. The van der Waals surface area contributed by atoms with E-state index in [1.165, 1.54) is 32.1 Å². The molecule has 1 fully saturated rings. The molecule has 0 saturated heterocycles. The predicted octanol–water partition coefficient (Wildman–Crippen LogP) is 3.09. The van der Waals surface area contributed by atoms with Gasteiger partial charge in [-0.3, -0.25) is 9.89 Å². The first-order valence-electron chi connectivity index (χ1n) is 8.77. The number of carbonyl (C=O) groups is 1. The summed E-state index contributed by atoms with van der Waals surface area (Å²) in [7, 11) is 0. The molecule has 1 aromatic carbocycles. The number of aromatic nitrogens is 2. The number of benzene rings is 1. The number of aromatic amines is 1. The Morgan fingerprint density at radius 1 is 1.21 bits per heavy atom. The Bertz CT molecular complexity index is 648. The summed E-state index contributed by atoms with van der Waals surface area (Å²) in [5.41, 5.74) is 2.56. The standard InChI is InChI=1S/C19H25N3O2/c23-12-11-22(14-15-7-3-1-4-8-15)19(24)18-13-17(20-21-18)16-9-5-2-6-10-16/h1,3-4,7-8,13,16,23H,2,5-6,9-12,14H2,(H,20,21). The van der Waals surface area contributed by atoms with E-state index in [1.807, 2.05) is 36.4 Å². The summed E-state index contributed by atoms with van der Waals surface area (Å²) in [5, 5.41) is 16.6. The van der Waals surface area contributed by atoms with Crippen molar-refractivity contribution in [1.82, 2.24) is 15.1 Å². The summed E-state index contributed by atoms with van der Waals surface area (Å²) in [4.78, 5) is 14.4. The van der Waals surface area contributed by atoms with E-state index < -0.39 is 0 Å². The van der Waals surface area contributed by atoms with Gasteiger partial charge in [-0.2, -0.15) is 5.10 Å². The summed E-state index contributed by atoms with van der Waals surface area (Å²) in [5.74, 6) is 0.361. The minimum atomic E-state index is -0.133. The molecule has 1 heterocycles. The average Bonchev–Trinajstić information content (AvgIpc) is 3.12. The van der Waals surface area contributed by atoms with E-state index in [1.54, 1.807) is 4.90 Å². The summed E-state index contributed by atoms with van der Waals surface area (Å²) >= 11 is 0. The molecule has 1 amide bonds. The van der Waals surface area contributed by atoms with Crippen molar-refractivity contribution in [2.45, 2.75) is 44.6 Å². The van der Waals surface area contributed by atoms with Gasteiger partial charge in [0.1, 0.15) is 5.69 Å². The molecule has 0 bridgehead atoms. The van der Waals surface area contributed by atoms with E-state index in [-0.39, 0.29) is 12.5 Å². The molecule has 0 spiro atoms. The van der Waals surface area contributed by atoms with E-state index in [0.717, 1.165) is 11.3 Å². The number of rotatable bonds is 6. The van der Waals surface area contributed by atoms with Gasteiger partial charge in [-0.05, 0) is 24.5 Å². The maximum absolute atomic E-state index is 12.8. The molecule has 0 unspecified atom stereocenters. The molecule has 3 rings (SSSR count). The molecule has 0 radical (unpaired) electrons. The molecule has 1 aliphatic carbocycles. The Labute approximate surface area is 142 Å². The highest BCUT2D eigenvalue weighted by atomic mass is 16.3. The minimum Gasteiger partial charge on any atom is -0.395 e. The summed E-state index contributed by atoms with van der Waals surface area (Å²) in [6, 6.07) is 11.7. The first-order valence-corrected chi connectivity index (χ1v) is 8.77. The number of hydrogen-bond donors (Lipinski definition) is 2. The number of H-pyrrole nitrogens is 1. The quantitative estimate of drug-likeness (QED) is 0.856. The van der Waals surface area contributed by atoms with Crippen molar-refractivity contribution in [3.63, 3.8) is 0 Å². The molecule has 24 heavy (non-hydrogen) atoms. The van der Waals surface area contributed by atoms with Gasteiger partial charge >= 0.3 is 0 Å². The van der Waals surface area contributed by atoms with Crippen LogP contribution >= 0.6 is 0 Å². The molecule has 5 heteroatoms. The second kappa shape index (κ2) is 8.11.